The monoisotopic (exact) mass is 189 g/mol. The van der Waals surface area contributed by atoms with Crippen LogP contribution in [0.3, 0.4) is 0 Å². The van der Waals surface area contributed by atoms with Crippen molar-refractivity contribution in [2.45, 2.75) is 37.8 Å². The number of rotatable bonds is 2. The van der Waals surface area contributed by atoms with Crippen molar-refractivity contribution in [2.75, 3.05) is 0 Å². The fourth-order valence-corrected chi connectivity index (χ4v) is 2.10. The topological polar surface area (TPSA) is 43.8 Å². The normalized spacial score (nSPS) is 19.4. The molecule has 14 heavy (non-hydrogen) atoms. The summed E-state index contributed by atoms with van der Waals surface area (Å²) in [6.45, 7) is 0.524. The van der Waals surface area contributed by atoms with Gasteiger partial charge in [0.05, 0.1) is 6.20 Å². The van der Waals surface area contributed by atoms with Gasteiger partial charge in [0.25, 0.3) is 0 Å². The van der Waals surface area contributed by atoms with Crippen LogP contribution in [0.25, 0.3) is 0 Å². The smallest absolute Gasteiger partial charge is 0.101 e. The van der Waals surface area contributed by atoms with E-state index in [1.807, 2.05) is 12.4 Å². The average molecular weight is 189 g/mol. The van der Waals surface area contributed by atoms with Crippen molar-refractivity contribution in [1.29, 1.82) is 0 Å². The maximum atomic E-state index is 6.28. The van der Waals surface area contributed by atoms with Gasteiger partial charge < -0.3 is 5.73 Å². The lowest BCUT2D eigenvalue weighted by Crippen LogP contribution is -2.32. The fourth-order valence-electron chi connectivity index (χ4n) is 2.10. The lowest BCUT2D eigenvalue weighted by atomic mass is 9.92. The van der Waals surface area contributed by atoms with Gasteiger partial charge in [-0.1, -0.05) is 18.8 Å². The van der Waals surface area contributed by atoms with Crippen molar-refractivity contribution in [2.24, 2.45) is 5.73 Å². The summed E-state index contributed by atoms with van der Waals surface area (Å²) in [5.41, 5.74) is 7.27. The van der Waals surface area contributed by atoms with Crippen LogP contribution in [0.1, 0.15) is 31.2 Å². The molecule has 1 aromatic rings. The van der Waals surface area contributed by atoms with Gasteiger partial charge in [-0.25, -0.2) is 0 Å². The van der Waals surface area contributed by atoms with E-state index in [4.69, 9.17) is 12.2 Å². The summed E-state index contributed by atoms with van der Waals surface area (Å²) in [4.78, 5) is 0. The lowest BCUT2D eigenvalue weighted by molar-refractivity contribution is 0.461. The lowest BCUT2D eigenvalue weighted by Gasteiger charge is -2.21. The summed E-state index contributed by atoms with van der Waals surface area (Å²) in [7, 11) is 0. The van der Waals surface area contributed by atoms with E-state index in [9.17, 15) is 0 Å². The zero-order valence-electron chi connectivity index (χ0n) is 8.24. The van der Waals surface area contributed by atoms with Crippen molar-refractivity contribution in [3.8, 4) is 12.3 Å². The predicted octanol–water partition coefficient (Wildman–Crippen LogP) is 1.24. The summed E-state index contributed by atoms with van der Waals surface area (Å²) in [6.07, 6.45) is 13.6. The Labute approximate surface area is 84.3 Å². The molecule has 1 fully saturated rings. The van der Waals surface area contributed by atoms with E-state index in [0.29, 0.717) is 6.54 Å². The van der Waals surface area contributed by atoms with Crippen LogP contribution in [0.5, 0.6) is 0 Å². The average Bonchev–Trinajstić information content (AvgIpc) is 2.75. The summed E-state index contributed by atoms with van der Waals surface area (Å²) < 4.78 is 1.77. The molecule has 2 N–H and O–H groups in total. The molecule has 1 saturated carbocycles. The Balaban J connectivity index is 2.20. The summed E-state index contributed by atoms with van der Waals surface area (Å²) in [6, 6.07) is 0. The molecule has 0 amide bonds. The standard InChI is InChI=1S/C11H15N3/c1-2-7-14-9-10(8-13-14)11(12)5-3-4-6-11/h1,8-9H,3-7,12H2. The van der Waals surface area contributed by atoms with Gasteiger partial charge in [0.2, 0.25) is 0 Å². The first-order valence-corrected chi connectivity index (χ1v) is 5.00. The molecule has 0 aromatic carbocycles. The second kappa shape index (κ2) is 3.47. The van der Waals surface area contributed by atoms with E-state index in [0.717, 1.165) is 18.4 Å². The highest BCUT2D eigenvalue weighted by Crippen LogP contribution is 2.35. The van der Waals surface area contributed by atoms with E-state index < -0.39 is 0 Å². The Kier molecular flexibility index (Phi) is 2.30. The third kappa shape index (κ3) is 1.53. The van der Waals surface area contributed by atoms with Crippen molar-refractivity contribution in [3.63, 3.8) is 0 Å². The maximum Gasteiger partial charge on any atom is 0.101 e. The first-order valence-electron chi connectivity index (χ1n) is 5.00. The van der Waals surface area contributed by atoms with Gasteiger partial charge in [-0.2, -0.15) is 5.10 Å². The predicted molar refractivity (Wildman–Crippen MR) is 55.4 cm³/mol. The number of hydrogen-bond donors (Lipinski definition) is 1. The summed E-state index contributed by atoms with van der Waals surface area (Å²) >= 11 is 0. The van der Waals surface area contributed by atoms with Crippen LogP contribution in [0.2, 0.25) is 0 Å². The van der Waals surface area contributed by atoms with Crippen LogP contribution in [0.4, 0.5) is 0 Å². The second-order valence-electron chi connectivity index (χ2n) is 3.99. The van der Waals surface area contributed by atoms with E-state index in [-0.39, 0.29) is 5.54 Å². The molecule has 0 spiro atoms. The number of terminal acetylenes is 1. The van der Waals surface area contributed by atoms with Crippen LogP contribution in [-0.2, 0) is 12.1 Å². The molecule has 1 aliphatic carbocycles. The minimum atomic E-state index is -0.146. The molecule has 1 aliphatic rings. The molecule has 1 aromatic heterocycles. The Morgan fingerprint density at radius 3 is 2.93 bits per heavy atom. The quantitative estimate of drug-likeness (QED) is 0.711. The molecule has 0 saturated heterocycles. The van der Waals surface area contributed by atoms with Crippen LogP contribution >= 0.6 is 0 Å². The molecule has 0 atom stereocenters. The first-order chi connectivity index (χ1) is 6.74. The van der Waals surface area contributed by atoms with Crippen molar-refractivity contribution < 1.29 is 0 Å². The van der Waals surface area contributed by atoms with Gasteiger partial charge in [0.15, 0.2) is 0 Å². The number of nitrogens with zero attached hydrogens (tertiary/aromatic N) is 2. The van der Waals surface area contributed by atoms with Crippen LogP contribution in [0, 0.1) is 12.3 Å². The molecule has 0 radical (unpaired) electrons. The molecule has 2 rings (SSSR count). The maximum absolute atomic E-state index is 6.28. The van der Waals surface area contributed by atoms with E-state index in [1.165, 1.54) is 12.8 Å². The van der Waals surface area contributed by atoms with Crippen molar-refractivity contribution >= 4 is 0 Å². The van der Waals surface area contributed by atoms with Gasteiger partial charge in [-0.05, 0) is 12.8 Å². The molecule has 1 heterocycles. The van der Waals surface area contributed by atoms with Gasteiger partial charge in [-0.15, -0.1) is 6.42 Å². The fraction of sp³-hybridized carbons (Fsp3) is 0.545. The third-order valence-electron chi connectivity index (χ3n) is 2.96. The molecule has 0 aliphatic heterocycles. The summed E-state index contributed by atoms with van der Waals surface area (Å²) in [5, 5.41) is 4.19. The minimum Gasteiger partial charge on any atom is -0.321 e. The molecule has 3 nitrogen and oxygen atoms in total. The van der Waals surface area contributed by atoms with Gasteiger partial charge in [0.1, 0.15) is 6.54 Å². The highest BCUT2D eigenvalue weighted by atomic mass is 15.3. The highest BCUT2D eigenvalue weighted by molar-refractivity contribution is 5.19. The zero-order chi connectivity index (χ0) is 10.0. The summed E-state index contributed by atoms with van der Waals surface area (Å²) in [5.74, 6) is 2.56. The van der Waals surface area contributed by atoms with E-state index >= 15 is 0 Å². The Morgan fingerprint density at radius 2 is 2.29 bits per heavy atom. The Morgan fingerprint density at radius 1 is 1.57 bits per heavy atom. The van der Waals surface area contributed by atoms with Crippen LogP contribution < -0.4 is 5.73 Å². The van der Waals surface area contributed by atoms with Gasteiger partial charge in [-0.3, -0.25) is 4.68 Å². The molecule has 74 valence electrons. The third-order valence-corrected chi connectivity index (χ3v) is 2.96. The van der Waals surface area contributed by atoms with Crippen LogP contribution in [0.15, 0.2) is 12.4 Å². The highest BCUT2D eigenvalue weighted by Gasteiger charge is 2.32. The van der Waals surface area contributed by atoms with E-state index in [2.05, 4.69) is 11.0 Å². The number of nitrogens with two attached hydrogens (primary N) is 1. The molecule has 0 bridgehead atoms. The van der Waals surface area contributed by atoms with Crippen molar-refractivity contribution in [3.05, 3.63) is 18.0 Å². The molecular formula is C11H15N3. The Hall–Kier alpha value is -1.27. The molecular weight excluding hydrogens is 174 g/mol. The van der Waals surface area contributed by atoms with Gasteiger partial charge in [0, 0.05) is 17.3 Å². The molecule has 0 unspecified atom stereocenters. The first kappa shape index (κ1) is 9.29. The van der Waals surface area contributed by atoms with Gasteiger partial charge >= 0.3 is 0 Å². The SMILES string of the molecule is C#CCn1cc(C2(N)CCCC2)cn1. The second-order valence-corrected chi connectivity index (χ2v) is 3.99. The number of aromatic nitrogens is 2. The van der Waals surface area contributed by atoms with E-state index in [1.54, 1.807) is 4.68 Å². The minimum absolute atomic E-state index is 0.146. The largest absolute Gasteiger partial charge is 0.321 e. The van der Waals surface area contributed by atoms with Crippen LogP contribution in [-0.4, -0.2) is 9.78 Å². The molecule has 3 heteroatoms. The van der Waals surface area contributed by atoms with Crippen molar-refractivity contribution in [1.82, 2.24) is 9.78 Å². The zero-order valence-corrected chi connectivity index (χ0v) is 8.24. The Bertz CT molecular complexity index is 353. The number of hydrogen-bond acceptors (Lipinski definition) is 2.